The molecule has 1 heterocycles. The largest absolute Gasteiger partial charge is 0.394 e. The maximum absolute atomic E-state index is 13.1. The molecule has 426 valence electrons. The van der Waals surface area contributed by atoms with Gasteiger partial charge in [-0.2, -0.15) is 0 Å². The van der Waals surface area contributed by atoms with Crippen molar-refractivity contribution in [3.8, 4) is 0 Å². The first-order valence-corrected chi connectivity index (χ1v) is 31.6. The SMILES string of the molecule is CCCCCCCCCCCCCC/C=C/CC/C=C/C(O)C(COC1OC(CO)C(O)C(O)C1O)NC(=O)CCCCCCCCCCCCCCCCCCCCCCCCCCCCCCCCC. The van der Waals surface area contributed by atoms with E-state index in [1.165, 1.54) is 257 Å². The van der Waals surface area contributed by atoms with E-state index in [2.05, 4.69) is 31.3 Å². The van der Waals surface area contributed by atoms with Gasteiger partial charge >= 0.3 is 0 Å². The summed E-state index contributed by atoms with van der Waals surface area (Å²) in [6.07, 6.45) is 61.3. The lowest BCUT2D eigenvalue weighted by Gasteiger charge is -2.40. The minimum Gasteiger partial charge on any atom is -0.394 e. The number of unbranched alkanes of at least 4 members (excludes halogenated alkanes) is 43. The van der Waals surface area contributed by atoms with Crippen molar-refractivity contribution in [1.29, 1.82) is 0 Å². The predicted molar refractivity (Wildman–Crippen MR) is 304 cm³/mol. The van der Waals surface area contributed by atoms with Crippen LogP contribution in [-0.4, -0.2) is 87.5 Å². The third kappa shape index (κ3) is 41.9. The van der Waals surface area contributed by atoms with Gasteiger partial charge in [0.2, 0.25) is 5.91 Å². The average Bonchev–Trinajstić information content (AvgIpc) is 3.38. The second-order valence-electron chi connectivity index (χ2n) is 22.2. The molecular formula is C63H121NO8. The molecule has 0 saturated carbocycles. The van der Waals surface area contributed by atoms with Crippen molar-refractivity contribution in [3.63, 3.8) is 0 Å². The molecule has 1 fully saturated rings. The van der Waals surface area contributed by atoms with E-state index in [4.69, 9.17) is 9.47 Å². The first-order valence-electron chi connectivity index (χ1n) is 31.6. The molecule has 0 aromatic carbocycles. The molecule has 0 spiro atoms. The van der Waals surface area contributed by atoms with Crippen LogP contribution in [0.4, 0.5) is 0 Å². The zero-order valence-corrected chi connectivity index (χ0v) is 47.5. The van der Waals surface area contributed by atoms with Crippen LogP contribution in [0.15, 0.2) is 24.3 Å². The van der Waals surface area contributed by atoms with E-state index in [1.807, 2.05) is 6.08 Å². The van der Waals surface area contributed by atoms with E-state index in [-0.39, 0.29) is 12.5 Å². The first-order chi connectivity index (χ1) is 35.3. The molecule has 72 heavy (non-hydrogen) atoms. The molecule has 9 heteroatoms. The van der Waals surface area contributed by atoms with Gasteiger partial charge in [0.15, 0.2) is 6.29 Å². The molecule has 7 unspecified atom stereocenters. The van der Waals surface area contributed by atoms with Crippen LogP contribution in [0, 0.1) is 0 Å². The van der Waals surface area contributed by atoms with Gasteiger partial charge in [-0.05, 0) is 32.1 Å². The predicted octanol–water partition coefficient (Wildman–Crippen LogP) is 16.1. The number of carbonyl (C=O) groups is 1. The van der Waals surface area contributed by atoms with Gasteiger partial charge in [0.25, 0.3) is 0 Å². The maximum atomic E-state index is 13.1. The molecule has 9 nitrogen and oxygen atoms in total. The molecule has 7 atom stereocenters. The number of carbonyl (C=O) groups excluding carboxylic acids is 1. The highest BCUT2D eigenvalue weighted by molar-refractivity contribution is 5.76. The maximum Gasteiger partial charge on any atom is 0.220 e. The second-order valence-corrected chi connectivity index (χ2v) is 22.2. The van der Waals surface area contributed by atoms with E-state index < -0.39 is 49.5 Å². The van der Waals surface area contributed by atoms with Gasteiger partial charge in [-0.1, -0.05) is 301 Å². The highest BCUT2D eigenvalue weighted by atomic mass is 16.7. The molecule has 0 aromatic heterocycles. The quantitative estimate of drug-likeness (QED) is 0.0261. The van der Waals surface area contributed by atoms with Crippen LogP contribution in [0.1, 0.15) is 316 Å². The topological polar surface area (TPSA) is 149 Å². The average molecular weight is 1020 g/mol. The Hall–Kier alpha value is -1.33. The summed E-state index contributed by atoms with van der Waals surface area (Å²) in [7, 11) is 0. The van der Waals surface area contributed by atoms with Crippen LogP contribution in [0.25, 0.3) is 0 Å². The molecule has 0 radical (unpaired) electrons. The van der Waals surface area contributed by atoms with Crippen LogP contribution in [-0.2, 0) is 14.3 Å². The summed E-state index contributed by atoms with van der Waals surface area (Å²) in [6, 6.07) is -0.819. The van der Waals surface area contributed by atoms with Crippen molar-refractivity contribution >= 4 is 5.91 Å². The lowest BCUT2D eigenvalue weighted by atomic mass is 9.99. The number of ether oxygens (including phenoxy) is 2. The van der Waals surface area contributed by atoms with Crippen LogP contribution < -0.4 is 5.32 Å². The van der Waals surface area contributed by atoms with E-state index in [9.17, 15) is 30.3 Å². The molecule has 1 rings (SSSR count). The fourth-order valence-electron chi connectivity index (χ4n) is 10.3. The standard InChI is InChI=1S/C63H121NO8/c1-3-5-7-9-11-13-15-17-19-21-23-24-25-26-27-28-29-30-31-32-33-34-35-37-39-41-43-45-47-49-51-53-59(67)64-56(55-71-63-62(70)61(69)60(68)58(54-65)72-63)57(66)52-50-48-46-44-42-40-38-36-22-20-18-16-14-12-10-8-6-4-2/h42,44,50,52,56-58,60-63,65-66,68-70H,3-41,43,45-49,51,53-55H2,1-2H3,(H,64,67)/b44-42+,52-50+. The van der Waals surface area contributed by atoms with Gasteiger partial charge in [-0.25, -0.2) is 0 Å². The smallest absolute Gasteiger partial charge is 0.220 e. The van der Waals surface area contributed by atoms with Gasteiger partial charge < -0.3 is 40.3 Å². The summed E-state index contributed by atoms with van der Waals surface area (Å²) >= 11 is 0. The third-order valence-electron chi connectivity index (χ3n) is 15.3. The fraction of sp³-hybridized carbons (Fsp3) is 0.921. The molecule has 0 bridgehead atoms. The van der Waals surface area contributed by atoms with Crippen molar-refractivity contribution in [2.45, 2.75) is 358 Å². The first kappa shape index (κ1) is 68.7. The number of aliphatic hydroxyl groups excluding tert-OH is 5. The summed E-state index contributed by atoms with van der Waals surface area (Å²) < 4.78 is 11.3. The monoisotopic (exact) mass is 1020 g/mol. The van der Waals surface area contributed by atoms with Gasteiger partial charge in [0, 0.05) is 6.42 Å². The van der Waals surface area contributed by atoms with E-state index in [1.54, 1.807) is 6.08 Å². The Morgan fingerprint density at radius 2 is 0.792 bits per heavy atom. The van der Waals surface area contributed by atoms with Gasteiger partial charge in [0.05, 0.1) is 25.4 Å². The number of rotatable bonds is 55. The number of hydrogen-bond donors (Lipinski definition) is 6. The van der Waals surface area contributed by atoms with E-state index in [0.29, 0.717) is 6.42 Å². The van der Waals surface area contributed by atoms with Crippen LogP contribution >= 0.6 is 0 Å². The highest BCUT2D eigenvalue weighted by Gasteiger charge is 2.44. The zero-order valence-electron chi connectivity index (χ0n) is 47.5. The van der Waals surface area contributed by atoms with Crippen LogP contribution in [0.5, 0.6) is 0 Å². The third-order valence-corrected chi connectivity index (χ3v) is 15.3. The van der Waals surface area contributed by atoms with Gasteiger partial charge in [0.1, 0.15) is 24.4 Å². The lowest BCUT2D eigenvalue weighted by molar-refractivity contribution is -0.302. The number of nitrogens with one attached hydrogen (secondary N) is 1. The normalized spacial score (nSPS) is 19.2. The minimum atomic E-state index is -1.57. The lowest BCUT2D eigenvalue weighted by Crippen LogP contribution is -2.60. The van der Waals surface area contributed by atoms with Crippen molar-refractivity contribution < 1.29 is 39.8 Å². The number of allylic oxidation sites excluding steroid dienone is 3. The molecule has 0 aromatic rings. The molecule has 1 amide bonds. The Morgan fingerprint density at radius 3 is 1.17 bits per heavy atom. The Labute approximate surface area is 445 Å². The zero-order chi connectivity index (χ0) is 52.2. The van der Waals surface area contributed by atoms with Crippen molar-refractivity contribution in [2.75, 3.05) is 13.2 Å². The fourth-order valence-corrected chi connectivity index (χ4v) is 10.3. The Bertz CT molecular complexity index is 1180. The molecule has 1 saturated heterocycles. The summed E-state index contributed by atoms with van der Waals surface area (Å²) in [5.74, 6) is -0.180. The van der Waals surface area contributed by atoms with Crippen molar-refractivity contribution in [2.24, 2.45) is 0 Å². The second kappa shape index (κ2) is 53.1. The van der Waals surface area contributed by atoms with Crippen molar-refractivity contribution in [1.82, 2.24) is 5.32 Å². The van der Waals surface area contributed by atoms with E-state index >= 15 is 0 Å². The van der Waals surface area contributed by atoms with Gasteiger partial charge in [-0.15, -0.1) is 0 Å². The Balaban J connectivity index is 2.14. The summed E-state index contributed by atoms with van der Waals surface area (Å²) in [4.78, 5) is 13.1. The van der Waals surface area contributed by atoms with Crippen molar-refractivity contribution in [3.05, 3.63) is 24.3 Å². The Morgan fingerprint density at radius 1 is 0.458 bits per heavy atom. The van der Waals surface area contributed by atoms with E-state index in [0.717, 1.165) is 38.5 Å². The molecule has 1 aliphatic heterocycles. The summed E-state index contributed by atoms with van der Waals surface area (Å²) in [6.45, 7) is 3.81. The van der Waals surface area contributed by atoms with Crippen LogP contribution in [0.3, 0.4) is 0 Å². The number of amides is 1. The minimum absolute atomic E-state index is 0.180. The number of aliphatic hydroxyl groups is 5. The molecule has 1 aliphatic rings. The summed E-state index contributed by atoms with van der Waals surface area (Å²) in [5.41, 5.74) is 0. The highest BCUT2D eigenvalue weighted by Crippen LogP contribution is 2.23. The van der Waals surface area contributed by atoms with Gasteiger partial charge in [-0.3, -0.25) is 4.79 Å². The summed E-state index contributed by atoms with van der Waals surface area (Å²) in [5, 5.41) is 54.5. The molecule has 6 N–H and O–H groups in total. The number of hydrogen-bond acceptors (Lipinski definition) is 8. The van der Waals surface area contributed by atoms with Crippen LogP contribution in [0.2, 0.25) is 0 Å². The molecular weight excluding hydrogens is 899 g/mol. The molecule has 0 aliphatic carbocycles. The Kier molecular flexibility index (Phi) is 50.6.